The number of nitrogens with zero attached hydrogens (tertiary/aromatic N) is 6. The first kappa shape index (κ1) is 26.1. The smallest absolute Gasteiger partial charge is 0.320 e. The summed E-state index contributed by atoms with van der Waals surface area (Å²) in [5, 5.41) is 2.98. The molecule has 2 fully saturated rings. The van der Waals surface area contributed by atoms with Crippen LogP contribution < -0.4 is 5.32 Å². The summed E-state index contributed by atoms with van der Waals surface area (Å²) in [6, 6.07) is 8.40. The SMILES string of the molecule is CN1CCC2(CC1)CCN(C(=O)N1CCn3cc(C4=C(c5cnc6ccccn56)C(=O)NC4=O)c4cc(F)cc(c43)C1)C2. The molecule has 2 saturated heterocycles. The van der Waals surface area contributed by atoms with Gasteiger partial charge in [0, 0.05) is 56.1 Å². The molecule has 1 aromatic carbocycles. The molecule has 0 radical (unpaired) electrons. The van der Waals surface area contributed by atoms with E-state index in [-0.39, 0.29) is 29.1 Å². The number of carbonyl (C=O) groups is 3. The summed E-state index contributed by atoms with van der Waals surface area (Å²) in [5.74, 6) is -1.49. The predicted octanol–water partition coefficient (Wildman–Crippen LogP) is 3.35. The monoisotopic (exact) mass is 581 g/mol. The first-order valence-electron chi connectivity index (χ1n) is 14.9. The number of imidazole rings is 1. The minimum absolute atomic E-state index is 0.00226. The Kier molecular flexibility index (Phi) is 5.78. The van der Waals surface area contributed by atoms with Gasteiger partial charge in [-0.15, -0.1) is 0 Å². The number of fused-ring (bicyclic) bond motifs is 1. The summed E-state index contributed by atoms with van der Waals surface area (Å²) >= 11 is 0. The van der Waals surface area contributed by atoms with Crippen LogP contribution in [0.25, 0.3) is 27.7 Å². The van der Waals surface area contributed by atoms with Crippen LogP contribution in [0.4, 0.5) is 9.18 Å². The summed E-state index contributed by atoms with van der Waals surface area (Å²) < 4.78 is 19.0. The van der Waals surface area contributed by atoms with Gasteiger partial charge in [0.2, 0.25) is 0 Å². The third kappa shape index (κ3) is 4.09. The minimum atomic E-state index is -0.526. The summed E-state index contributed by atoms with van der Waals surface area (Å²) in [6.45, 7) is 4.85. The number of piperidine rings is 1. The molecule has 11 heteroatoms. The molecule has 4 amide bonds. The lowest BCUT2D eigenvalue weighted by molar-refractivity contribution is -0.122. The van der Waals surface area contributed by atoms with Gasteiger partial charge in [-0.2, -0.15) is 0 Å². The number of hydrogen-bond donors (Lipinski definition) is 1. The Morgan fingerprint density at radius 2 is 1.77 bits per heavy atom. The summed E-state index contributed by atoms with van der Waals surface area (Å²) in [5.41, 5.74) is 3.69. The van der Waals surface area contributed by atoms with Crippen molar-refractivity contribution < 1.29 is 18.8 Å². The second-order valence-corrected chi connectivity index (χ2v) is 12.5. The van der Waals surface area contributed by atoms with E-state index in [1.807, 2.05) is 38.8 Å². The quantitative estimate of drug-likeness (QED) is 0.367. The van der Waals surface area contributed by atoms with Crippen molar-refractivity contribution in [2.45, 2.75) is 32.4 Å². The fraction of sp³-hybridized carbons (Fsp3) is 0.375. The molecule has 0 unspecified atom stereocenters. The highest BCUT2D eigenvalue weighted by molar-refractivity contribution is 6.49. The molecule has 220 valence electrons. The van der Waals surface area contributed by atoms with Crippen molar-refractivity contribution in [3.05, 3.63) is 71.6 Å². The van der Waals surface area contributed by atoms with Gasteiger partial charge in [-0.1, -0.05) is 6.07 Å². The highest BCUT2D eigenvalue weighted by Crippen LogP contribution is 2.41. The maximum Gasteiger partial charge on any atom is 0.320 e. The number of hydrogen-bond acceptors (Lipinski definition) is 5. The highest BCUT2D eigenvalue weighted by atomic mass is 19.1. The molecule has 4 aromatic rings. The van der Waals surface area contributed by atoms with E-state index < -0.39 is 17.6 Å². The molecular formula is C32H32FN7O3. The molecule has 43 heavy (non-hydrogen) atoms. The zero-order valence-corrected chi connectivity index (χ0v) is 24.0. The van der Waals surface area contributed by atoms with Gasteiger partial charge in [-0.25, -0.2) is 14.2 Å². The van der Waals surface area contributed by atoms with Gasteiger partial charge in [0.15, 0.2) is 0 Å². The van der Waals surface area contributed by atoms with Crippen LogP contribution in [0, 0.1) is 11.2 Å². The van der Waals surface area contributed by atoms with Crippen molar-refractivity contribution in [2.24, 2.45) is 5.41 Å². The molecule has 0 aliphatic carbocycles. The largest absolute Gasteiger partial charge is 0.345 e. The standard InChI is InChI=1S/C32H32FN7O3/c1-36-9-5-32(6-10-36)7-11-39(19-32)31(43)38-13-12-37-18-23(22-15-21(33)14-20(17-38)28(22)37)26-27(30(42)35-29(26)41)24-16-34-25-4-2-3-8-40(24)25/h2-4,8,14-16,18H,5-7,9-13,17,19H2,1H3,(H,35,41,42). The fourth-order valence-corrected chi connectivity index (χ4v) is 7.54. The Balaban J connectivity index is 1.16. The van der Waals surface area contributed by atoms with Gasteiger partial charge >= 0.3 is 6.03 Å². The van der Waals surface area contributed by atoms with Crippen molar-refractivity contribution in [1.82, 2.24) is 34.0 Å². The van der Waals surface area contributed by atoms with Crippen molar-refractivity contribution >= 4 is 45.5 Å². The number of pyridine rings is 1. The van der Waals surface area contributed by atoms with Crippen LogP contribution in [0.3, 0.4) is 0 Å². The molecule has 1 spiro atoms. The lowest BCUT2D eigenvalue weighted by Crippen LogP contribution is -2.45. The second-order valence-electron chi connectivity index (χ2n) is 12.5. The molecule has 7 heterocycles. The summed E-state index contributed by atoms with van der Waals surface area (Å²) in [4.78, 5) is 50.8. The second kappa shape index (κ2) is 9.50. The van der Waals surface area contributed by atoms with E-state index in [1.165, 1.54) is 12.1 Å². The van der Waals surface area contributed by atoms with E-state index in [1.54, 1.807) is 16.8 Å². The minimum Gasteiger partial charge on any atom is -0.345 e. The van der Waals surface area contributed by atoms with E-state index in [4.69, 9.17) is 0 Å². The number of aromatic nitrogens is 3. The van der Waals surface area contributed by atoms with Crippen LogP contribution in [0.15, 0.2) is 48.9 Å². The number of rotatable bonds is 2. The van der Waals surface area contributed by atoms with E-state index in [9.17, 15) is 14.4 Å². The van der Waals surface area contributed by atoms with Crippen molar-refractivity contribution in [3.63, 3.8) is 0 Å². The first-order valence-corrected chi connectivity index (χ1v) is 14.9. The number of carbonyl (C=O) groups excluding carboxylic acids is 3. The topological polar surface area (TPSA) is 95.2 Å². The highest BCUT2D eigenvalue weighted by Gasteiger charge is 2.43. The molecule has 0 atom stereocenters. The number of urea groups is 1. The Morgan fingerprint density at radius 1 is 0.977 bits per heavy atom. The van der Waals surface area contributed by atoms with Crippen molar-refractivity contribution in [3.8, 4) is 0 Å². The number of halogens is 1. The van der Waals surface area contributed by atoms with Crippen LogP contribution in [0.1, 0.15) is 36.1 Å². The molecule has 8 rings (SSSR count). The van der Waals surface area contributed by atoms with Crippen LogP contribution >= 0.6 is 0 Å². The maximum absolute atomic E-state index is 15.2. The van der Waals surface area contributed by atoms with Gasteiger partial charge in [0.05, 0.1) is 28.6 Å². The predicted molar refractivity (Wildman–Crippen MR) is 158 cm³/mol. The van der Waals surface area contributed by atoms with E-state index in [2.05, 4.69) is 22.2 Å². The Bertz CT molecular complexity index is 1880. The molecule has 3 aromatic heterocycles. The van der Waals surface area contributed by atoms with Crippen LogP contribution in [-0.2, 0) is 22.7 Å². The first-order chi connectivity index (χ1) is 20.8. The van der Waals surface area contributed by atoms with Crippen molar-refractivity contribution in [1.29, 1.82) is 0 Å². The lowest BCUT2D eigenvalue weighted by Gasteiger charge is -2.38. The van der Waals surface area contributed by atoms with Crippen LogP contribution in [0.5, 0.6) is 0 Å². The molecule has 0 bridgehead atoms. The number of likely N-dealkylation sites (tertiary alicyclic amines) is 2. The normalized spacial score (nSPS) is 20.6. The third-order valence-electron chi connectivity index (χ3n) is 9.89. The third-order valence-corrected chi connectivity index (χ3v) is 9.89. The average molecular weight is 582 g/mol. The molecule has 4 aliphatic rings. The number of amides is 4. The summed E-state index contributed by atoms with van der Waals surface area (Å²) in [7, 11) is 2.15. The van der Waals surface area contributed by atoms with Gasteiger partial charge in [0.25, 0.3) is 11.8 Å². The lowest BCUT2D eigenvalue weighted by atomic mass is 9.78. The van der Waals surface area contributed by atoms with E-state index in [0.29, 0.717) is 40.9 Å². The molecule has 0 saturated carbocycles. The van der Waals surface area contributed by atoms with Crippen LogP contribution in [-0.4, -0.2) is 86.3 Å². The number of imide groups is 1. The molecule has 1 N–H and O–H groups in total. The number of benzene rings is 1. The zero-order chi connectivity index (χ0) is 29.5. The zero-order valence-electron chi connectivity index (χ0n) is 24.0. The Hall–Kier alpha value is -4.51. The summed E-state index contributed by atoms with van der Waals surface area (Å²) in [6.07, 6.45) is 8.43. The molecule has 4 aliphatic heterocycles. The van der Waals surface area contributed by atoms with E-state index >= 15 is 4.39 Å². The van der Waals surface area contributed by atoms with Crippen molar-refractivity contribution in [2.75, 3.05) is 39.8 Å². The number of nitrogens with one attached hydrogen (secondary N) is 1. The average Bonchev–Trinajstić information content (AvgIpc) is 3.73. The van der Waals surface area contributed by atoms with Gasteiger partial charge in [-0.05, 0) is 74.6 Å². The Morgan fingerprint density at radius 3 is 2.60 bits per heavy atom. The van der Waals surface area contributed by atoms with Gasteiger partial charge in [0.1, 0.15) is 11.5 Å². The molecular weight excluding hydrogens is 549 g/mol. The maximum atomic E-state index is 15.2. The van der Waals surface area contributed by atoms with Gasteiger partial charge in [-0.3, -0.25) is 19.3 Å². The Labute approximate surface area is 247 Å². The fourth-order valence-electron chi connectivity index (χ4n) is 7.54. The van der Waals surface area contributed by atoms with Gasteiger partial charge < -0.3 is 19.3 Å². The van der Waals surface area contributed by atoms with E-state index in [0.717, 1.165) is 51.0 Å². The van der Waals surface area contributed by atoms with Crippen LogP contribution in [0.2, 0.25) is 0 Å². The molecule has 10 nitrogen and oxygen atoms in total.